The summed E-state index contributed by atoms with van der Waals surface area (Å²) in [5.41, 5.74) is 0. The van der Waals surface area contributed by atoms with Crippen molar-refractivity contribution in [3.63, 3.8) is 0 Å². The average molecular weight is 402 g/mol. The lowest BCUT2D eigenvalue weighted by Gasteiger charge is -2.21. The van der Waals surface area contributed by atoms with Crippen molar-refractivity contribution in [2.24, 2.45) is 0 Å². The van der Waals surface area contributed by atoms with E-state index in [1.165, 1.54) is 16.7 Å². The standard InChI is InChI=1S/C15H23N5O4S2/c1-2-19(7-13(21)17-11-5-6-26(23,24)9-11)14(22)8-25-15-18-16-10-20(15)12-3-4-12/h10-12H,2-9H2,1H3,(H,17,21). The van der Waals surface area contributed by atoms with Crippen molar-refractivity contribution in [1.29, 1.82) is 0 Å². The van der Waals surface area contributed by atoms with Crippen LogP contribution >= 0.6 is 11.8 Å². The summed E-state index contributed by atoms with van der Waals surface area (Å²) in [6.45, 7) is 2.15. The van der Waals surface area contributed by atoms with Gasteiger partial charge in [-0.15, -0.1) is 10.2 Å². The highest BCUT2D eigenvalue weighted by molar-refractivity contribution is 7.99. The summed E-state index contributed by atoms with van der Waals surface area (Å²) in [7, 11) is -3.05. The molecule has 1 aliphatic carbocycles. The van der Waals surface area contributed by atoms with Crippen LogP contribution in [0.3, 0.4) is 0 Å². The van der Waals surface area contributed by atoms with E-state index in [-0.39, 0.29) is 41.7 Å². The summed E-state index contributed by atoms with van der Waals surface area (Å²) < 4.78 is 24.9. The normalized spacial score (nSPS) is 21.5. The maximum Gasteiger partial charge on any atom is 0.239 e. The number of rotatable bonds is 8. The van der Waals surface area contributed by atoms with E-state index in [0.717, 1.165) is 18.0 Å². The van der Waals surface area contributed by atoms with Gasteiger partial charge in [0, 0.05) is 18.6 Å². The number of carbonyl (C=O) groups is 2. The van der Waals surface area contributed by atoms with E-state index in [0.29, 0.717) is 19.0 Å². The number of amides is 2. The molecule has 0 radical (unpaired) electrons. The fraction of sp³-hybridized carbons (Fsp3) is 0.733. The average Bonchev–Trinajstić information content (AvgIpc) is 3.23. The van der Waals surface area contributed by atoms with E-state index in [1.54, 1.807) is 6.33 Å². The zero-order chi connectivity index (χ0) is 18.7. The van der Waals surface area contributed by atoms with Crippen molar-refractivity contribution in [3.8, 4) is 0 Å². The summed E-state index contributed by atoms with van der Waals surface area (Å²) in [5.74, 6) is -0.215. The summed E-state index contributed by atoms with van der Waals surface area (Å²) in [6, 6.07) is 0.0890. The number of hydrogen-bond donors (Lipinski definition) is 1. The largest absolute Gasteiger partial charge is 0.351 e. The van der Waals surface area contributed by atoms with Crippen molar-refractivity contribution >= 4 is 33.4 Å². The lowest BCUT2D eigenvalue weighted by atomic mass is 10.2. The van der Waals surface area contributed by atoms with Crippen LogP contribution in [0.5, 0.6) is 0 Å². The molecular formula is C15H23N5O4S2. The Kier molecular flexibility index (Phi) is 5.86. The molecule has 0 aromatic carbocycles. The number of thioether (sulfide) groups is 1. The number of sulfone groups is 1. The fourth-order valence-corrected chi connectivity index (χ4v) is 5.45. The van der Waals surface area contributed by atoms with Crippen LogP contribution < -0.4 is 5.32 Å². The number of likely N-dealkylation sites (N-methyl/N-ethyl adjacent to an activating group) is 1. The van der Waals surface area contributed by atoms with Gasteiger partial charge in [0.25, 0.3) is 0 Å². The fourth-order valence-electron chi connectivity index (χ4n) is 2.89. The van der Waals surface area contributed by atoms with Gasteiger partial charge in [-0.2, -0.15) is 0 Å². The summed E-state index contributed by atoms with van der Waals surface area (Å²) >= 11 is 1.32. The Hall–Kier alpha value is -1.62. The van der Waals surface area contributed by atoms with Crippen molar-refractivity contribution in [1.82, 2.24) is 25.0 Å². The molecule has 1 saturated heterocycles. The van der Waals surface area contributed by atoms with Crippen LogP contribution in [0.4, 0.5) is 0 Å². The van der Waals surface area contributed by atoms with Crippen molar-refractivity contribution in [2.45, 2.75) is 43.4 Å². The van der Waals surface area contributed by atoms with Crippen molar-refractivity contribution in [3.05, 3.63) is 6.33 Å². The second-order valence-corrected chi connectivity index (χ2v) is 9.79. The Morgan fingerprint density at radius 1 is 1.38 bits per heavy atom. The number of nitrogens with zero attached hydrogens (tertiary/aromatic N) is 4. The molecule has 26 heavy (non-hydrogen) atoms. The molecule has 1 aromatic rings. The van der Waals surface area contributed by atoms with Gasteiger partial charge in [0.2, 0.25) is 11.8 Å². The quantitative estimate of drug-likeness (QED) is 0.603. The molecule has 1 N–H and O–H groups in total. The van der Waals surface area contributed by atoms with Gasteiger partial charge in [-0.25, -0.2) is 8.42 Å². The lowest BCUT2D eigenvalue weighted by Crippen LogP contribution is -2.45. The van der Waals surface area contributed by atoms with E-state index < -0.39 is 9.84 Å². The smallest absolute Gasteiger partial charge is 0.239 e. The number of hydrogen-bond acceptors (Lipinski definition) is 7. The van der Waals surface area contributed by atoms with Gasteiger partial charge in [0.05, 0.1) is 23.8 Å². The van der Waals surface area contributed by atoms with Gasteiger partial charge < -0.3 is 14.8 Å². The zero-order valence-electron chi connectivity index (χ0n) is 14.6. The van der Waals surface area contributed by atoms with Crippen LogP contribution in [-0.4, -0.2) is 76.3 Å². The predicted octanol–water partition coefficient (Wildman–Crippen LogP) is -0.143. The van der Waals surface area contributed by atoms with Gasteiger partial charge in [-0.1, -0.05) is 11.8 Å². The van der Waals surface area contributed by atoms with E-state index in [2.05, 4.69) is 15.5 Å². The number of carbonyl (C=O) groups excluding carboxylic acids is 2. The van der Waals surface area contributed by atoms with Crippen LogP contribution in [0.15, 0.2) is 11.5 Å². The Bertz CT molecular complexity index is 775. The first kappa shape index (κ1) is 19.2. The highest BCUT2D eigenvalue weighted by atomic mass is 32.2. The van der Waals surface area contributed by atoms with Gasteiger partial charge in [0.15, 0.2) is 15.0 Å². The summed E-state index contributed by atoms with van der Waals surface area (Å²) in [4.78, 5) is 26.0. The molecule has 11 heteroatoms. The first-order valence-corrected chi connectivity index (χ1v) is 11.5. The van der Waals surface area contributed by atoms with E-state index in [1.807, 2.05) is 11.5 Å². The molecule has 2 amide bonds. The van der Waals surface area contributed by atoms with Gasteiger partial charge in [-0.05, 0) is 26.2 Å². The topological polar surface area (TPSA) is 114 Å². The van der Waals surface area contributed by atoms with Crippen LogP contribution in [0.2, 0.25) is 0 Å². The molecule has 1 aliphatic heterocycles. The second-order valence-electron chi connectivity index (χ2n) is 6.62. The molecule has 2 heterocycles. The lowest BCUT2D eigenvalue weighted by molar-refractivity contribution is -0.134. The third kappa shape index (κ3) is 4.97. The van der Waals surface area contributed by atoms with E-state index >= 15 is 0 Å². The van der Waals surface area contributed by atoms with Crippen molar-refractivity contribution in [2.75, 3.05) is 30.3 Å². The molecule has 0 bridgehead atoms. The molecule has 0 spiro atoms. The van der Waals surface area contributed by atoms with Crippen LogP contribution in [0, 0.1) is 0 Å². The Morgan fingerprint density at radius 2 is 2.15 bits per heavy atom. The molecule has 1 aromatic heterocycles. The highest BCUT2D eigenvalue weighted by Gasteiger charge is 2.30. The second kappa shape index (κ2) is 7.95. The molecule has 3 rings (SSSR count). The molecular weight excluding hydrogens is 378 g/mol. The highest BCUT2D eigenvalue weighted by Crippen LogP contribution is 2.37. The minimum absolute atomic E-state index is 0.0223. The van der Waals surface area contributed by atoms with E-state index in [4.69, 9.17) is 0 Å². The Balaban J connectivity index is 1.47. The molecule has 9 nitrogen and oxygen atoms in total. The summed E-state index contributed by atoms with van der Waals surface area (Å²) in [5, 5.41) is 11.4. The predicted molar refractivity (Wildman–Crippen MR) is 96.5 cm³/mol. The van der Waals surface area contributed by atoms with E-state index in [9.17, 15) is 18.0 Å². The molecule has 1 atom stereocenters. The maximum absolute atomic E-state index is 12.4. The number of aromatic nitrogens is 3. The minimum Gasteiger partial charge on any atom is -0.351 e. The van der Waals surface area contributed by atoms with Gasteiger partial charge in [0.1, 0.15) is 6.33 Å². The van der Waals surface area contributed by atoms with Gasteiger partial charge in [-0.3, -0.25) is 9.59 Å². The first-order chi connectivity index (χ1) is 12.4. The molecule has 1 saturated carbocycles. The van der Waals surface area contributed by atoms with Crippen molar-refractivity contribution < 1.29 is 18.0 Å². The SMILES string of the molecule is CCN(CC(=O)NC1CCS(=O)(=O)C1)C(=O)CSc1nncn1C1CC1. The van der Waals surface area contributed by atoms with Gasteiger partial charge >= 0.3 is 0 Å². The third-order valence-electron chi connectivity index (χ3n) is 4.47. The van der Waals surface area contributed by atoms with Crippen LogP contribution in [0.1, 0.15) is 32.2 Å². The summed E-state index contributed by atoms with van der Waals surface area (Å²) in [6.07, 6.45) is 4.33. The third-order valence-corrected chi connectivity index (χ3v) is 7.18. The van der Waals surface area contributed by atoms with Crippen LogP contribution in [-0.2, 0) is 19.4 Å². The molecule has 1 unspecified atom stereocenters. The zero-order valence-corrected chi connectivity index (χ0v) is 16.3. The maximum atomic E-state index is 12.4. The molecule has 2 fully saturated rings. The minimum atomic E-state index is -3.05. The molecule has 144 valence electrons. The monoisotopic (exact) mass is 401 g/mol. The van der Waals surface area contributed by atoms with Crippen LogP contribution in [0.25, 0.3) is 0 Å². The Labute approximate surface area is 156 Å². The molecule has 2 aliphatic rings. The number of nitrogens with one attached hydrogen (secondary N) is 1. The Morgan fingerprint density at radius 3 is 2.77 bits per heavy atom. The first-order valence-electron chi connectivity index (χ1n) is 8.68.